The molecular weight excluding hydrogens is 389 g/mol. The highest BCUT2D eigenvalue weighted by atomic mass is 127. The Kier molecular flexibility index (Phi) is 5.37. The normalized spacial score (nSPS) is 10.2. The topological polar surface area (TPSA) is 30.5 Å². The molecule has 5 heteroatoms. The number of ether oxygens (including phenoxy) is 2. The Labute approximate surface area is 137 Å². The summed E-state index contributed by atoms with van der Waals surface area (Å²) in [6, 6.07) is 11.7. The van der Waals surface area contributed by atoms with E-state index in [1.807, 2.05) is 30.3 Å². The van der Waals surface area contributed by atoms with E-state index < -0.39 is 0 Å². The van der Waals surface area contributed by atoms with E-state index in [9.17, 15) is 0 Å². The summed E-state index contributed by atoms with van der Waals surface area (Å²) in [5.74, 6) is 1.51. The summed E-state index contributed by atoms with van der Waals surface area (Å²) < 4.78 is 11.7. The van der Waals surface area contributed by atoms with Gasteiger partial charge in [-0.3, -0.25) is 0 Å². The molecule has 0 fully saturated rings. The van der Waals surface area contributed by atoms with E-state index in [0.717, 1.165) is 31.3 Å². The predicted octanol–water partition coefficient (Wildman–Crippen LogP) is 4.57. The molecule has 0 heterocycles. The third kappa shape index (κ3) is 3.70. The van der Waals surface area contributed by atoms with Gasteiger partial charge in [0.1, 0.15) is 0 Å². The van der Waals surface area contributed by atoms with Crippen LogP contribution in [0.3, 0.4) is 0 Å². The first-order valence-electron chi connectivity index (χ1n) is 6.04. The van der Waals surface area contributed by atoms with Gasteiger partial charge in [-0.1, -0.05) is 11.6 Å². The van der Waals surface area contributed by atoms with Gasteiger partial charge in [0.2, 0.25) is 0 Å². The number of hydrogen-bond donors (Lipinski definition) is 1. The molecule has 0 aliphatic heterocycles. The fourth-order valence-electron chi connectivity index (χ4n) is 1.85. The van der Waals surface area contributed by atoms with Crippen LogP contribution in [0.4, 0.5) is 5.69 Å². The Morgan fingerprint density at radius 2 is 1.80 bits per heavy atom. The average molecular weight is 404 g/mol. The zero-order valence-electron chi connectivity index (χ0n) is 11.2. The van der Waals surface area contributed by atoms with Crippen molar-refractivity contribution in [3.8, 4) is 11.5 Å². The fourth-order valence-corrected chi connectivity index (χ4v) is 2.86. The van der Waals surface area contributed by atoms with E-state index >= 15 is 0 Å². The SMILES string of the molecule is COc1cc(CNc2ccc(Cl)cc2)cc(I)c1OC. The first-order valence-corrected chi connectivity index (χ1v) is 7.49. The molecule has 1 N–H and O–H groups in total. The number of hydrogen-bond acceptors (Lipinski definition) is 3. The van der Waals surface area contributed by atoms with Gasteiger partial charge < -0.3 is 14.8 Å². The average Bonchev–Trinajstić information content (AvgIpc) is 2.46. The highest BCUT2D eigenvalue weighted by Gasteiger charge is 2.10. The lowest BCUT2D eigenvalue weighted by atomic mass is 10.2. The molecule has 0 radical (unpaired) electrons. The summed E-state index contributed by atoms with van der Waals surface area (Å²) in [5, 5.41) is 4.08. The molecule has 3 nitrogen and oxygen atoms in total. The summed E-state index contributed by atoms with van der Waals surface area (Å²) >= 11 is 8.11. The molecule has 0 saturated carbocycles. The maximum atomic E-state index is 5.86. The van der Waals surface area contributed by atoms with Crippen molar-refractivity contribution in [2.24, 2.45) is 0 Å². The molecule has 20 heavy (non-hydrogen) atoms. The Hall–Kier alpha value is -1.14. The second-order valence-corrected chi connectivity index (χ2v) is 5.77. The fraction of sp³-hybridized carbons (Fsp3) is 0.200. The van der Waals surface area contributed by atoms with Crippen LogP contribution in [0.2, 0.25) is 5.02 Å². The van der Waals surface area contributed by atoms with E-state index in [4.69, 9.17) is 21.1 Å². The Morgan fingerprint density at radius 1 is 1.10 bits per heavy atom. The molecule has 2 rings (SSSR count). The molecule has 0 aliphatic rings. The molecule has 2 aromatic rings. The van der Waals surface area contributed by atoms with Crippen molar-refractivity contribution >= 4 is 39.9 Å². The summed E-state index contributed by atoms with van der Waals surface area (Å²) in [6.07, 6.45) is 0. The van der Waals surface area contributed by atoms with Gasteiger partial charge in [0, 0.05) is 17.3 Å². The van der Waals surface area contributed by atoms with Gasteiger partial charge in [-0.05, 0) is 64.6 Å². The van der Waals surface area contributed by atoms with E-state index in [1.54, 1.807) is 14.2 Å². The van der Waals surface area contributed by atoms with Gasteiger partial charge in [0.25, 0.3) is 0 Å². The maximum absolute atomic E-state index is 5.86. The lowest BCUT2D eigenvalue weighted by Crippen LogP contribution is -2.01. The molecule has 0 saturated heterocycles. The van der Waals surface area contributed by atoms with Crippen LogP contribution in [0.5, 0.6) is 11.5 Å². The maximum Gasteiger partial charge on any atom is 0.174 e. The second-order valence-electron chi connectivity index (χ2n) is 4.17. The minimum atomic E-state index is 0.706. The van der Waals surface area contributed by atoms with Crippen molar-refractivity contribution < 1.29 is 9.47 Å². The third-order valence-electron chi connectivity index (χ3n) is 2.83. The number of anilines is 1. The number of nitrogens with one attached hydrogen (secondary N) is 1. The van der Waals surface area contributed by atoms with Crippen molar-refractivity contribution in [2.75, 3.05) is 19.5 Å². The zero-order valence-corrected chi connectivity index (χ0v) is 14.2. The standard InChI is InChI=1S/C15H15ClINO2/c1-19-14-8-10(7-13(17)15(14)20-2)9-18-12-5-3-11(16)4-6-12/h3-8,18H,9H2,1-2H3. The van der Waals surface area contributed by atoms with Crippen LogP contribution in [0.1, 0.15) is 5.56 Å². The molecule has 0 aliphatic carbocycles. The number of rotatable bonds is 5. The Bertz CT molecular complexity index is 587. The van der Waals surface area contributed by atoms with Crippen LogP contribution < -0.4 is 14.8 Å². The Morgan fingerprint density at radius 3 is 2.40 bits per heavy atom. The van der Waals surface area contributed by atoms with Gasteiger partial charge in [-0.2, -0.15) is 0 Å². The smallest absolute Gasteiger partial charge is 0.174 e. The number of methoxy groups -OCH3 is 2. The monoisotopic (exact) mass is 403 g/mol. The molecule has 2 aromatic carbocycles. The van der Waals surface area contributed by atoms with E-state index in [2.05, 4.69) is 34.0 Å². The summed E-state index contributed by atoms with van der Waals surface area (Å²) in [5.41, 5.74) is 2.15. The molecular formula is C15H15ClINO2. The molecule has 0 unspecified atom stereocenters. The van der Waals surface area contributed by atoms with Crippen molar-refractivity contribution in [1.29, 1.82) is 0 Å². The van der Waals surface area contributed by atoms with Crippen LogP contribution >= 0.6 is 34.2 Å². The van der Waals surface area contributed by atoms with Gasteiger partial charge >= 0.3 is 0 Å². The molecule has 0 bridgehead atoms. The van der Waals surface area contributed by atoms with Crippen LogP contribution in [0.25, 0.3) is 0 Å². The third-order valence-corrected chi connectivity index (χ3v) is 3.89. The van der Waals surface area contributed by atoms with Crippen molar-refractivity contribution in [2.45, 2.75) is 6.54 Å². The minimum Gasteiger partial charge on any atom is -0.493 e. The van der Waals surface area contributed by atoms with E-state index in [1.165, 1.54) is 0 Å². The van der Waals surface area contributed by atoms with Gasteiger partial charge in [-0.25, -0.2) is 0 Å². The highest BCUT2D eigenvalue weighted by Crippen LogP contribution is 2.33. The highest BCUT2D eigenvalue weighted by molar-refractivity contribution is 14.1. The Balaban J connectivity index is 2.13. The van der Waals surface area contributed by atoms with Crippen LogP contribution in [0, 0.1) is 3.57 Å². The quantitative estimate of drug-likeness (QED) is 0.742. The summed E-state index contributed by atoms with van der Waals surface area (Å²) in [6.45, 7) is 0.706. The molecule has 0 spiro atoms. The van der Waals surface area contributed by atoms with Crippen molar-refractivity contribution in [1.82, 2.24) is 0 Å². The molecule has 106 valence electrons. The van der Waals surface area contributed by atoms with Gasteiger partial charge in [0.15, 0.2) is 11.5 Å². The van der Waals surface area contributed by atoms with Gasteiger partial charge in [0.05, 0.1) is 17.8 Å². The minimum absolute atomic E-state index is 0.706. The molecule has 0 amide bonds. The van der Waals surface area contributed by atoms with Crippen LogP contribution in [0.15, 0.2) is 36.4 Å². The van der Waals surface area contributed by atoms with E-state index in [-0.39, 0.29) is 0 Å². The lowest BCUT2D eigenvalue weighted by molar-refractivity contribution is 0.352. The lowest BCUT2D eigenvalue weighted by Gasteiger charge is -2.13. The number of halogens is 2. The van der Waals surface area contributed by atoms with E-state index in [0.29, 0.717) is 6.54 Å². The summed E-state index contributed by atoms with van der Waals surface area (Å²) in [4.78, 5) is 0. The second kappa shape index (κ2) is 7.04. The largest absolute Gasteiger partial charge is 0.493 e. The predicted molar refractivity (Wildman–Crippen MR) is 91.0 cm³/mol. The molecule has 0 aromatic heterocycles. The first kappa shape index (κ1) is 15.3. The summed E-state index contributed by atoms with van der Waals surface area (Å²) in [7, 11) is 3.29. The van der Waals surface area contributed by atoms with Gasteiger partial charge in [-0.15, -0.1) is 0 Å². The van der Waals surface area contributed by atoms with Crippen LogP contribution in [-0.2, 0) is 6.54 Å². The van der Waals surface area contributed by atoms with Crippen molar-refractivity contribution in [3.05, 3.63) is 50.6 Å². The first-order chi connectivity index (χ1) is 9.63. The zero-order chi connectivity index (χ0) is 14.5. The van der Waals surface area contributed by atoms with Crippen LogP contribution in [-0.4, -0.2) is 14.2 Å². The molecule has 0 atom stereocenters. The number of benzene rings is 2. The van der Waals surface area contributed by atoms with Crippen molar-refractivity contribution in [3.63, 3.8) is 0 Å².